The number of fused-ring (bicyclic) bond motifs is 1. The molecule has 0 aromatic heterocycles. The minimum Gasteiger partial charge on any atom is -0.497 e. The zero-order valence-corrected chi connectivity index (χ0v) is 9.20. The van der Waals surface area contributed by atoms with Gasteiger partial charge >= 0.3 is 0 Å². The summed E-state index contributed by atoms with van der Waals surface area (Å²) >= 11 is 0. The summed E-state index contributed by atoms with van der Waals surface area (Å²) in [6, 6.07) is 7.56. The number of ether oxygens (including phenoxy) is 1. The van der Waals surface area contributed by atoms with Gasteiger partial charge in [-0.3, -0.25) is 4.79 Å². The summed E-state index contributed by atoms with van der Waals surface area (Å²) in [6.45, 7) is 1.81. The van der Waals surface area contributed by atoms with Crippen LogP contribution in [0.5, 0.6) is 5.75 Å². The van der Waals surface area contributed by atoms with E-state index in [2.05, 4.69) is 0 Å². The standard InChI is InChI=1S/C13H11NO2/c1-8-11-4-3-10(16-2)5-9(11)6-13(15)12(8)7-14/h3-5H,6H2,1-2H3. The van der Waals surface area contributed by atoms with Crippen LogP contribution in [0.25, 0.3) is 5.57 Å². The van der Waals surface area contributed by atoms with Gasteiger partial charge in [0.2, 0.25) is 0 Å². The largest absolute Gasteiger partial charge is 0.497 e. The Kier molecular flexibility index (Phi) is 2.49. The second kappa shape index (κ2) is 3.82. The average Bonchev–Trinajstić information content (AvgIpc) is 2.28. The molecule has 0 saturated carbocycles. The van der Waals surface area contributed by atoms with Gasteiger partial charge in [0.15, 0.2) is 5.78 Å². The van der Waals surface area contributed by atoms with Gasteiger partial charge in [0.25, 0.3) is 0 Å². The smallest absolute Gasteiger partial charge is 0.178 e. The Labute approximate surface area is 94.0 Å². The lowest BCUT2D eigenvalue weighted by Gasteiger charge is -2.17. The molecule has 0 radical (unpaired) electrons. The van der Waals surface area contributed by atoms with Gasteiger partial charge < -0.3 is 4.74 Å². The van der Waals surface area contributed by atoms with Crippen LogP contribution in [0.15, 0.2) is 23.8 Å². The molecule has 1 aliphatic rings. The van der Waals surface area contributed by atoms with E-state index in [4.69, 9.17) is 10.00 Å². The third-order valence-electron chi connectivity index (χ3n) is 2.83. The highest BCUT2D eigenvalue weighted by atomic mass is 16.5. The van der Waals surface area contributed by atoms with Gasteiger partial charge in [-0.15, -0.1) is 0 Å². The minimum atomic E-state index is -0.110. The van der Waals surface area contributed by atoms with Crippen LogP contribution in [0.1, 0.15) is 18.1 Å². The Morgan fingerprint density at radius 2 is 2.19 bits per heavy atom. The SMILES string of the molecule is COc1ccc2c(c1)CC(=O)C(C#N)=C2C. The first kappa shape index (κ1) is 10.4. The maximum Gasteiger partial charge on any atom is 0.178 e. The van der Waals surface area contributed by atoms with E-state index in [-0.39, 0.29) is 17.8 Å². The zero-order chi connectivity index (χ0) is 11.7. The number of allylic oxidation sites excluding steroid dienone is 2. The molecule has 0 bridgehead atoms. The van der Waals surface area contributed by atoms with Crippen LogP contribution in [-0.2, 0) is 11.2 Å². The number of nitrogens with zero attached hydrogens (tertiary/aromatic N) is 1. The van der Waals surface area contributed by atoms with Crippen molar-refractivity contribution in [3.05, 3.63) is 34.9 Å². The first-order valence-corrected chi connectivity index (χ1v) is 4.99. The van der Waals surface area contributed by atoms with Crippen LogP contribution in [0, 0.1) is 11.3 Å². The van der Waals surface area contributed by atoms with Gasteiger partial charge in [0, 0.05) is 6.42 Å². The first-order chi connectivity index (χ1) is 7.67. The van der Waals surface area contributed by atoms with Crippen molar-refractivity contribution in [2.24, 2.45) is 0 Å². The van der Waals surface area contributed by atoms with Gasteiger partial charge in [-0.2, -0.15) is 5.26 Å². The highest BCUT2D eigenvalue weighted by Gasteiger charge is 2.23. The lowest BCUT2D eigenvalue weighted by atomic mass is 9.86. The van der Waals surface area contributed by atoms with Crippen LogP contribution in [0.3, 0.4) is 0 Å². The predicted octanol–water partition coefficient (Wildman–Crippen LogP) is 2.12. The van der Waals surface area contributed by atoms with Crippen molar-refractivity contribution in [1.82, 2.24) is 0 Å². The molecule has 0 N–H and O–H groups in total. The van der Waals surface area contributed by atoms with Crippen LogP contribution in [0.2, 0.25) is 0 Å². The monoisotopic (exact) mass is 213 g/mol. The van der Waals surface area contributed by atoms with Crippen molar-refractivity contribution in [3.63, 3.8) is 0 Å². The normalized spacial score (nSPS) is 14.4. The van der Waals surface area contributed by atoms with Gasteiger partial charge in [-0.1, -0.05) is 6.07 Å². The topological polar surface area (TPSA) is 50.1 Å². The molecule has 1 aliphatic carbocycles. The molecular formula is C13H11NO2. The number of rotatable bonds is 1. The molecule has 0 unspecified atom stereocenters. The van der Waals surface area contributed by atoms with Gasteiger partial charge in [0.05, 0.1) is 12.7 Å². The lowest BCUT2D eigenvalue weighted by Crippen LogP contribution is -2.14. The third-order valence-corrected chi connectivity index (χ3v) is 2.83. The van der Waals surface area contributed by atoms with E-state index in [0.717, 1.165) is 22.4 Å². The molecule has 80 valence electrons. The third kappa shape index (κ3) is 1.49. The number of carbonyl (C=O) groups excluding carboxylic acids is 1. The van der Waals surface area contributed by atoms with Crippen molar-refractivity contribution >= 4 is 11.4 Å². The molecule has 16 heavy (non-hydrogen) atoms. The van der Waals surface area contributed by atoms with Crippen molar-refractivity contribution in [2.45, 2.75) is 13.3 Å². The fourth-order valence-corrected chi connectivity index (χ4v) is 1.96. The molecule has 0 atom stereocenters. The van der Waals surface area contributed by atoms with Crippen molar-refractivity contribution in [1.29, 1.82) is 5.26 Å². The van der Waals surface area contributed by atoms with Crippen molar-refractivity contribution < 1.29 is 9.53 Å². The Bertz CT molecular complexity index is 535. The number of ketones is 1. The number of benzene rings is 1. The van der Waals surface area contributed by atoms with Crippen LogP contribution < -0.4 is 4.74 Å². The fourth-order valence-electron chi connectivity index (χ4n) is 1.96. The van der Waals surface area contributed by atoms with Crippen molar-refractivity contribution in [3.8, 4) is 11.8 Å². The molecule has 0 saturated heterocycles. The van der Waals surface area contributed by atoms with E-state index in [0.29, 0.717) is 0 Å². The molecule has 0 heterocycles. The molecule has 2 rings (SSSR count). The summed E-state index contributed by atoms with van der Waals surface area (Å²) in [5, 5.41) is 8.90. The number of hydrogen-bond donors (Lipinski definition) is 0. The molecule has 1 aromatic rings. The molecule has 0 fully saturated rings. The number of hydrogen-bond acceptors (Lipinski definition) is 3. The first-order valence-electron chi connectivity index (χ1n) is 4.99. The van der Waals surface area contributed by atoms with E-state index < -0.39 is 0 Å². The summed E-state index contributed by atoms with van der Waals surface area (Å²) in [5.41, 5.74) is 2.94. The average molecular weight is 213 g/mol. The second-order valence-electron chi connectivity index (χ2n) is 3.73. The lowest BCUT2D eigenvalue weighted by molar-refractivity contribution is -0.114. The van der Waals surface area contributed by atoms with E-state index in [9.17, 15) is 4.79 Å². The summed E-state index contributed by atoms with van der Waals surface area (Å²) in [6.07, 6.45) is 0.284. The maximum atomic E-state index is 11.7. The Morgan fingerprint density at radius 1 is 1.44 bits per heavy atom. The van der Waals surface area contributed by atoms with E-state index >= 15 is 0 Å². The molecule has 0 spiro atoms. The summed E-state index contributed by atoms with van der Waals surface area (Å²) in [5.74, 6) is 0.625. The number of nitriles is 1. The summed E-state index contributed by atoms with van der Waals surface area (Å²) in [4.78, 5) is 11.7. The Balaban J connectivity index is 2.62. The Hall–Kier alpha value is -2.08. The fraction of sp³-hybridized carbons (Fsp3) is 0.231. The molecule has 0 amide bonds. The highest BCUT2D eigenvalue weighted by molar-refractivity contribution is 6.09. The molecule has 3 heteroatoms. The maximum absolute atomic E-state index is 11.7. The van der Waals surface area contributed by atoms with E-state index in [1.807, 2.05) is 24.3 Å². The van der Waals surface area contributed by atoms with Crippen LogP contribution in [-0.4, -0.2) is 12.9 Å². The quantitative estimate of drug-likeness (QED) is 0.718. The molecule has 1 aromatic carbocycles. The van der Waals surface area contributed by atoms with Gasteiger partial charge in [-0.25, -0.2) is 0 Å². The van der Waals surface area contributed by atoms with Crippen LogP contribution in [0.4, 0.5) is 0 Å². The summed E-state index contributed by atoms with van der Waals surface area (Å²) < 4.78 is 5.11. The molecular weight excluding hydrogens is 202 g/mol. The van der Waals surface area contributed by atoms with Gasteiger partial charge in [0.1, 0.15) is 11.8 Å². The zero-order valence-electron chi connectivity index (χ0n) is 9.20. The molecule has 3 nitrogen and oxygen atoms in total. The number of carbonyl (C=O) groups is 1. The van der Waals surface area contributed by atoms with E-state index in [1.165, 1.54) is 0 Å². The predicted molar refractivity (Wildman–Crippen MR) is 59.9 cm³/mol. The Morgan fingerprint density at radius 3 is 2.81 bits per heavy atom. The number of Topliss-reactive ketones (excluding diaryl/α,β-unsaturated/α-hetero) is 1. The van der Waals surface area contributed by atoms with Gasteiger partial charge in [-0.05, 0) is 35.8 Å². The van der Waals surface area contributed by atoms with Crippen molar-refractivity contribution in [2.75, 3.05) is 7.11 Å². The molecule has 0 aliphatic heterocycles. The second-order valence-corrected chi connectivity index (χ2v) is 3.73. The summed E-state index contributed by atoms with van der Waals surface area (Å²) in [7, 11) is 1.59. The van der Waals surface area contributed by atoms with Crippen LogP contribution >= 0.6 is 0 Å². The highest BCUT2D eigenvalue weighted by Crippen LogP contribution is 2.31. The van der Waals surface area contributed by atoms with E-state index in [1.54, 1.807) is 14.0 Å². The number of methoxy groups -OCH3 is 1. The minimum absolute atomic E-state index is 0.110.